The van der Waals surface area contributed by atoms with Crippen molar-refractivity contribution in [2.75, 3.05) is 5.75 Å². The van der Waals surface area contributed by atoms with Crippen LogP contribution in [0.1, 0.15) is 53.0 Å². The Hall–Kier alpha value is -4.20. The summed E-state index contributed by atoms with van der Waals surface area (Å²) in [6, 6.07) is 27.9. The number of aryl methyl sites for hydroxylation is 1. The van der Waals surface area contributed by atoms with Crippen molar-refractivity contribution in [1.82, 2.24) is 4.57 Å². The summed E-state index contributed by atoms with van der Waals surface area (Å²) in [7, 11) is 0. The number of rotatable bonds is 11. The molecule has 0 atom stereocenters. The van der Waals surface area contributed by atoms with Gasteiger partial charge in [0, 0.05) is 73.6 Å². The Morgan fingerprint density at radius 2 is 1.45 bits per heavy atom. The summed E-state index contributed by atoms with van der Waals surface area (Å²) in [4.78, 5) is 44.9. The second-order valence-electron chi connectivity index (χ2n) is 9.64. The Balaban J connectivity index is 1.49. The van der Waals surface area contributed by atoms with Gasteiger partial charge in [0.05, 0.1) is 0 Å². The number of hydrogen-bond donors (Lipinski definition) is 0. The van der Waals surface area contributed by atoms with Crippen LogP contribution in [0.15, 0.2) is 101 Å². The second kappa shape index (κ2) is 13.2. The third-order valence-corrected chi connectivity index (χ3v) is 8.24. The maximum Gasteiger partial charge on any atom is 0.334 e. The van der Waals surface area contributed by atoms with Crippen molar-refractivity contribution in [2.45, 2.75) is 38.1 Å². The molecule has 4 aromatic carbocycles. The van der Waals surface area contributed by atoms with Gasteiger partial charge in [-0.3, -0.25) is 9.59 Å². The van der Waals surface area contributed by atoms with Gasteiger partial charge in [-0.1, -0.05) is 54.0 Å². The van der Waals surface area contributed by atoms with E-state index in [1.54, 1.807) is 36.9 Å². The molecular weight excluding hydrogens is 568 g/mol. The van der Waals surface area contributed by atoms with Crippen LogP contribution in [-0.2, 0) is 16.2 Å². The molecule has 0 saturated carbocycles. The van der Waals surface area contributed by atoms with Crippen molar-refractivity contribution in [3.8, 4) is 0 Å². The van der Waals surface area contributed by atoms with Crippen LogP contribution in [0.5, 0.6) is 0 Å². The highest BCUT2D eigenvalue weighted by Gasteiger charge is 2.20. The topological polar surface area (TPSA) is 77.7 Å². The summed E-state index contributed by atoms with van der Waals surface area (Å²) in [6.07, 6.45) is 0.449. The smallest absolute Gasteiger partial charge is 0.334 e. The summed E-state index contributed by atoms with van der Waals surface area (Å²) >= 11 is 7.55. The fourth-order valence-electron chi connectivity index (χ4n) is 4.82. The summed E-state index contributed by atoms with van der Waals surface area (Å²) in [5.41, 5.74) is 3.73. The van der Waals surface area contributed by atoms with Crippen LogP contribution in [0.2, 0.25) is 5.02 Å². The molecule has 0 radical (unpaired) electrons. The highest BCUT2D eigenvalue weighted by Crippen LogP contribution is 2.32. The van der Waals surface area contributed by atoms with Crippen molar-refractivity contribution in [1.29, 1.82) is 0 Å². The van der Waals surface area contributed by atoms with Crippen LogP contribution < -0.4 is 0 Å². The van der Waals surface area contributed by atoms with E-state index in [1.165, 1.54) is 0 Å². The lowest BCUT2D eigenvalue weighted by molar-refractivity contribution is -0.143. The molecule has 1 aromatic heterocycles. The normalized spacial score (nSPS) is 11.6. The van der Waals surface area contributed by atoms with E-state index < -0.39 is 5.97 Å². The van der Waals surface area contributed by atoms with Gasteiger partial charge in [0.25, 0.3) is 0 Å². The SMILES string of the molecule is CCC(=O)O/N=C(\CCSc1ccc(Cl)cc1)C(=O)c1ccc2c(c1)c1cc(C(=O)c3ccccc3)ccc1n2CC. The zero-order chi connectivity index (χ0) is 29.6. The largest absolute Gasteiger partial charge is 0.341 e. The molecule has 0 aliphatic heterocycles. The van der Waals surface area contributed by atoms with Crippen LogP contribution in [0.4, 0.5) is 0 Å². The number of thioether (sulfide) groups is 1. The van der Waals surface area contributed by atoms with Crippen molar-refractivity contribution in [3.63, 3.8) is 0 Å². The minimum absolute atomic E-state index is 0.0625. The molecule has 0 unspecified atom stereocenters. The Morgan fingerprint density at radius 1 is 0.810 bits per heavy atom. The van der Waals surface area contributed by atoms with Crippen molar-refractivity contribution < 1.29 is 19.2 Å². The van der Waals surface area contributed by atoms with Crippen molar-refractivity contribution >= 4 is 68.4 Å². The Labute approximate surface area is 253 Å². The third-order valence-electron chi connectivity index (χ3n) is 6.97. The van der Waals surface area contributed by atoms with E-state index in [9.17, 15) is 14.4 Å². The molecule has 0 bridgehead atoms. The molecular formula is C34H29ClN2O4S. The summed E-state index contributed by atoms with van der Waals surface area (Å²) < 4.78 is 2.16. The van der Waals surface area contributed by atoms with Crippen LogP contribution >= 0.6 is 23.4 Å². The predicted octanol–water partition coefficient (Wildman–Crippen LogP) is 8.37. The molecule has 0 N–H and O–H groups in total. The first-order valence-electron chi connectivity index (χ1n) is 13.7. The number of Topliss-reactive ketones (excluding diaryl/α,β-unsaturated/α-hetero) is 1. The first-order chi connectivity index (χ1) is 20.4. The minimum atomic E-state index is -0.511. The number of carbonyl (C=O) groups excluding carboxylic acids is 3. The number of benzene rings is 4. The standard InChI is InChI=1S/C34H29ClN2O4S/c1-3-32(38)41-36-29(18-19-42-26-14-12-25(35)13-15-26)34(40)24-11-17-31-28(21-24)27-20-23(10-16-30(27)37(31)4-2)33(39)22-8-6-5-7-9-22/h5-17,20-21H,3-4,18-19H2,1-2H3/b36-29+. The van der Waals surface area contributed by atoms with Gasteiger partial charge in [-0.15, -0.1) is 11.8 Å². The zero-order valence-electron chi connectivity index (χ0n) is 23.3. The minimum Gasteiger partial charge on any atom is -0.341 e. The quantitative estimate of drug-likeness (QED) is 0.0503. The number of fused-ring (bicyclic) bond motifs is 3. The van der Waals surface area contributed by atoms with Gasteiger partial charge >= 0.3 is 5.97 Å². The van der Waals surface area contributed by atoms with Gasteiger partial charge in [0.1, 0.15) is 5.71 Å². The third kappa shape index (κ3) is 6.32. The monoisotopic (exact) mass is 596 g/mol. The average molecular weight is 597 g/mol. The molecule has 0 amide bonds. The van der Waals surface area contributed by atoms with E-state index in [-0.39, 0.29) is 23.7 Å². The molecule has 0 aliphatic carbocycles. The van der Waals surface area contributed by atoms with Crippen LogP contribution in [0, 0.1) is 0 Å². The van der Waals surface area contributed by atoms with E-state index in [2.05, 4.69) is 16.6 Å². The Morgan fingerprint density at radius 3 is 2.10 bits per heavy atom. The number of hydrogen-bond acceptors (Lipinski definition) is 6. The molecule has 0 aliphatic rings. The number of carbonyl (C=O) groups is 3. The number of ketones is 2. The first kappa shape index (κ1) is 29.3. The van der Waals surface area contributed by atoms with E-state index >= 15 is 0 Å². The molecule has 212 valence electrons. The van der Waals surface area contributed by atoms with Gasteiger partial charge in [-0.05, 0) is 67.6 Å². The first-order valence-corrected chi connectivity index (χ1v) is 15.1. The van der Waals surface area contributed by atoms with E-state index in [4.69, 9.17) is 16.4 Å². The van der Waals surface area contributed by atoms with Crippen LogP contribution in [-0.4, -0.2) is 33.6 Å². The molecule has 42 heavy (non-hydrogen) atoms. The summed E-state index contributed by atoms with van der Waals surface area (Å²) in [6.45, 7) is 4.46. The lowest BCUT2D eigenvalue weighted by Crippen LogP contribution is -2.17. The highest BCUT2D eigenvalue weighted by atomic mass is 35.5. The molecule has 0 saturated heterocycles. The van der Waals surface area contributed by atoms with Crippen molar-refractivity contribution in [3.05, 3.63) is 113 Å². The lowest BCUT2D eigenvalue weighted by Gasteiger charge is -2.07. The molecule has 8 heteroatoms. The number of oxime groups is 1. The number of halogens is 1. The summed E-state index contributed by atoms with van der Waals surface area (Å²) in [5, 5.41) is 6.38. The highest BCUT2D eigenvalue weighted by molar-refractivity contribution is 7.99. The molecule has 5 aromatic rings. The Bertz CT molecular complexity index is 1810. The zero-order valence-corrected chi connectivity index (χ0v) is 24.9. The van der Waals surface area contributed by atoms with Gasteiger partial charge in [-0.2, -0.15) is 0 Å². The lowest BCUT2D eigenvalue weighted by atomic mass is 9.99. The number of aromatic nitrogens is 1. The molecule has 0 fully saturated rings. The fraction of sp³-hybridized carbons (Fsp3) is 0.176. The predicted molar refractivity (Wildman–Crippen MR) is 170 cm³/mol. The van der Waals surface area contributed by atoms with Gasteiger partial charge < -0.3 is 9.40 Å². The van der Waals surface area contributed by atoms with Crippen LogP contribution in [0.3, 0.4) is 0 Å². The van der Waals surface area contributed by atoms with E-state index in [1.807, 2.05) is 72.8 Å². The molecule has 1 heterocycles. The van der Waals surface area contributed by atoms with Gasteiger partial charge in [0.15, 0.2) is 5.78 Å². The van der Waals surface area contributed by atoms with Gasteiger partial charge in [0.2, 0.25) is 5.78 Å². The second-order valence-corrected chi connectivity index (χ2v) is 11.2. The number of nitrogens with zero attached hydrogens (tertiary/aromatic N) is 2. The van der Waals surface area contributed by atoms with Crippen LogP contribution in [0.25, 0.3) is 21.8 Å². The average Bonchev–Trinajstić information content (AvgIpc) is 3.35. The molecule has 6 nitrogen and oxygen atoms in total. The van der Waals surface area contributed by atoms with Gasteiger partial charge in [-0.25, -0.2) is 4.79 Å². The molecule has 0 spiro atoms. The van der Waals surface area contributed by atoms with Crippen molar-refractivity contribution in [2.24, 2.45) is 5.16 Å². The maximum atomic E-state index is 13.7. The Kier molecular flexibility index (Phi) is 9.20. The molecule has 5 rings (SSSR count). The summed E-state index contributed by atoms with van der Waals surface area (Å²) in [5.74, 6) is -0.334. The maximum absolute atomic E-state index is 13.7. The van der Waals surface area contributed by atoms with E-state index in [0.717, 1.165) is 33.2 Å². The fourth-order valence-corrected chi connectivity index (χ4v) is 5.80. The van der Waals surface area contributed by atoms with E-state index in [0.29, 0.717) is 33.9 Å².